The minimum absolute atomic E-state index is 0.109. The summed E-state index contributed by atoms with van der Waals surface area (Å²) in [5, 5.41) is 2.89. The molecular formula is C35H41ClF2N6O2. The number of hydrogen-bond acceptors (Lipinski definition) is 7. The molecule has 1 spiro atoms. The minimum atomic E-state index is -2.83. The lowest BCUT2D eigenvalue weighted by molar-refractivity contribution is -0.147. The maximum absolute atomic E-state index is 13.7. The molecular weight excluding hydrogens is 610 g/mol. The Kier molecular flexibility index (Phi) is 7.51. The van der Waals surface area contributed by atoms with Crippen molar-refractivity contribution < 1.29 is 18.3 Å². The molecule has 46 heavy (non-hydrogen) atoms. The SMILES string of the molecule is CN1CCC[C@H]1COc1nc2c(c(N3CCCCC4(CN(C(=O)C5CC5(F)F)C4)C3)n1)CCN(c1cccc3cccc(Cl)c13)C2. The minimum Gasteiger partial charge on any atom is -0.462 e. The Labute approximate surface area is 273 Å². The maximum atomic E-state index is 13.7. The van der Waals surface area contributed by atoms with Crippen molar-refractivity contribution in [1.82, 2.24) is 19.8 Å². The fourth-order valence-electron chi connectivity index (χ4n) is 8.25. The molecule has 8 rings (SSSR count). The topological polar surface area (TPSA) is 65.0 Å². The lowest BCUT2D eigenvalue weighted by atomic mass is 9.75. The highest BCUT2D eigenvalue weighted by molar-refractivity contribution is 6.36. The number of hydrogen-bond donors (Lipinski definition) is 0. The van der Waals surface area contributed by atoms with Crippen LogP contribution in [-0.2, 0) is 17.8 Å². The van der Waals surface area contributed by atoms with Crippen LogP contribution in [0.4, 0.5) is 20.3 Å². The number of carbonyl (C=O) groups excluding carboxylic acids is 1. The van der Waals surface area contributed by atoms with Gasteiger partial charge in [0.2, 0.25) is 5.91 Å². The van der Waals surface area contributed by atoms with Gasteiger partial charge < -0.3 is 24.3 Å². The number of benzene rings is 2. The Morgan fingerprint density at radius 3 is 2.59 bits per heavy atom. The predicted octanol–water partition coefficient (Wildman–Crippen LogP) is 5.79. The standard InChI is InChI=1S/C35H41ClF2N6O2/c1-41-14-6-9-24(41)19-46-33-39-28-18-42(29-11-5-8-23-7-4-10-27(36)30(23)29)16-12-25(28)31(40-33)43-15-3-2-13-34(20-43)21-44(22-34)32(45)26-17-35(26,37)38/h4-5,7-8,10-11,24,26H,2-3,6,9,12-22H2,1H3/t24-,26?/m0/s1. The number of aromatic nitrogens is 2. The summed E-state index contributed by atoms with van der Waals surface area (Å²) in [7, 11) is 2.14. The van der Waals surface area contributed by atoms with Crippen LogP contribution < -0.4 is 14.5 Å². The van der Waals surface area contributed by atoms with Gasteiger partial charge in [-0.05, 0) is 63.2 Å². The summed E-state index contributed by atoms with van der Waals surface area (Å²) in [5.41, 5.74) is 3.10. The van der Waals surface area contributed by atoms with Gasteiger partial charge in [0.05, 0.1) is 17.3 Å². The van der Waals surface area contributed by atoms with E-state index in [1.54, 1.807) is 4.90 Å². The number of halogens is 3. The summed E-state index contributed by atoms with van der Waals surface area (Å²) < 4.78 is 33.7. The van der Waals surface area contributed by atoms with Gasteiger partial charge in [0, 0.05) is 67.2 Å². The molecule has 8 nitrogen and oxygen atoms in total. The zero-order chi connectivity index (χ0) is 31.6. The van der Waals surface area contributed by atoms with E-state index in [-0.39, 0.29) is 17.7 Å². The van der Waals surface area contributed by atoms with E-state index in [1.807, 2.05) is 12.1 Å². The summed E-state index contributed by atoms with van der Waals surface area (Å²) in [6, 6.07) is 13.1. The third kappa shape index (κ3) is 5.45. The van der Waals surface area contributed by atoms with Gasteiger partial charge in [0.15, 0.2) is 0 Å². The molecule has 1 aromatic heterocycles. The number of alkyl halides is 2. The zero-order valence-electron chi connectivity index (χ0n) is 26.4. The number of ether oxygens (including phenoxy) is 1. The first kappa shape index (κ1) is 30.1. The molecule has 244 valence electrons. The summed E-state index contributed by atoms with van der Waals surface area (Å²) >= 11 is 6.73. The monoisotopic (exact) mass is 650 g/mol. The number of anilines is 2. The molecule has 2 aromatic carbocycles. The summed E-state index contributed by atoms with van der Waals surface area (Å²) in [6.45, 7) is 5.71. The average molecular weight is 651 g/mol. The number of amides is 1. The van der Waals surface area contributed by atoms with E-state index in [0.29, 0.717) is 38.3 Å². The Morgan fingerprint density at radius 1 is 1.02 bits per heavy atom. The van der Waals surface area contributed by atoms with Gasteiger partial charge in [0.1, 0.15) is 18.3 Å². The highest BCUT2D eigenvalue weighted by Gasteiger charge is 2.64. The molecule has 5 heterocycles. The number of carbonyl (C=O) groups is 1. The van der Waals surface area contributed by atoms with Crippen molar-refractivity contribution in [2.75, 3.05) is 62.7 Å². The summed E-state index contributed by atoms with van der Waals surface area (Å²) in [4.78, 5) is 31.6. The second-order valence-corrected chi connectivity index (χ2v) is 14.6. The molecule has 3 saturated heterocycles. The molecule has 1 unspecified atom stereocenters. The molecule has 1 saturated carbocycles. The van der Waals surface area contributed by atoms with Gasteiger partial charge in [-0.15, -0.1) is 0 Å². The Balaban J connectivity index is 1.09. The van der Waals surface area contributed by atoms with Crippen molar-refractivity contribution in [2.24, 2.45) is 11.3 Å². The molecule has 3 aromatic rings. The first-order valence-electron chi connectivity index (χ1n) is 16.8. The van der Waals surface area contributed by atoms with Crippen LogP contribution in [0.5, 0.6) is 6.01 Å². The number of likely N-dealkylation sites (N-methyl/N-ethyl adjacent to an activating group) is 1. The largest absolute Gasteiger partial charge is 0.462 e. The van der Waals surface area contributed by atoms with Crippen LogP contribution in [0.3, 0.4) is 0 Å². The van der Waals surface area contributed by atoms with Crippen LogP contribution in [0.15, 0.2) is 36.4 Å². The number of fused-ring (bicyclic) bond motifs is 2. The van der Waals surface area contributed by atoms with Crippen LogP contribution >= 0.6 is 11.6 Å². The summed E-state index contributed by atoms with van der Waals surface area (Å²) in [6.07, 6.45) is 5.77. The molecule has 4 fully saturated rings. The molecule has 2 atom stereocenters. The van der Waals surface area contributed by atoms with Gasteiger partial charge in [-0.25, -0.2) is 8.78 Å². The van der Waals surface area contributed by atoms with E-state index in [2.05, 4.69) is 46.0 Å². The molecule has 0 radical (unpaired) electrons. The number of rotatable bonds is 6. The molecule has 5 aliphatic rings. The second kappa shape index (κ2) is 11.5. The molecule has 4 aliphatic heterocycles. The molecule has 0 bridgehead atoms. The van der Waals surface area contributed by atoms with E-state index in [0.717, 1.165) is 103 Å². The van der Waals surface area contributed by atoms with E-state index >= 15 is 0 Å². The zero-order valence-corrected chi connectivity index (χ0v) is 27.1. The molecule has 11 heteroatoms. The second-order valence-electron chi connectivity index (χ2n) is 14.2. The van der Waals surface area contributed by atoms with E-state index in [1.165, 1.54) is 0 Å². The fraction of sp³-hybridized carbons (Fsp3) is 0.571. The normalized spacial score (nSPS) is 25.3. The van der Waals surface area contributed by atoms with Gasteiger partial charge in [-0.1, -0.05) is 42.3 Å². The van der Waals surface area contributed by atoms with Crippen LogP contribution in [0.25, 0.3) is 10.8 Å². The van der Waals surface area contributed by atoms with Crippen LogP contribution in [0.1, 0.15) is 49.8 Å². The van der Waals surface area contributed by atoms with Gasteiger partial charge >= 0.3 is 6.01 Å². The van der Waals surface area contributed by atoms with Crippen LogP contribution in [0, 0.1) is 11.3 Å². The lowest BCUT2D eigenvalue weighted by Crippen LogP contribution is -2.62. The van der Waals surface area contributed by atoms with Crippen molar-refractivity contribution in [3.63, 3.8) is 0 Å². The van der Waals surface area contributed by atoms with E-state index in [9.17, 15) is 13.6 Å². The molecule has 0 N–H and O–H groups in total. The summed E-state index contributed by atoms with van der Waals surface area (Å²) in [5.74, 6) is -3.41. The first-order chi connectivity index (χ1) is 22.2. The lowest BCUT2D eigenvalue weighted by Gasteiger charge is -2.51. The van der Waals surface area contributed by atoms with Crippen LogP contribution in [0.2, 0.25) is 5.02 Å². The van der Waals surface area contributed by atoms with Crippen molar-refractivity contribution in [3.8, 4) is 6.01 Å². The molecule has 1 amide bonds. The highest BCUT2D eigenvalue weighted by Crippen LogP contribution is 2.51. The van der Waals surface area contributed by atoms with E-state index < -0.39 is 11.8 Å². The Morgan fingerprint density at radius 2 is 1.83 bits per heavy atom. The Bertz CT molecular complexity index is 1660. The van der Waals surface area contributed by atoms with Gasteiger partial charge in [0.25, 0.3) is 5.92 Å². The maximum Gasteiger partial charge on any atom is 0.318 e. The van der Waals surface area contributed by atoms with Crippen molar-refractivity contribution >= 4 is 39.8 Å². The molecule has 1 aliphatic carbocycles. The Hall–Kier alpha value is -3.24. The van der Waals surface area contributed by atoms with Gasteiger partial charge in [-0.3, -0.25) is 4.79 Å². The van der Waals surface area contributed by atoms with Crippen LogP contribution in [-0.4, -0.2) is 90.6 Å². The van der Waals surface area contributed by atoms with E-state index in [4.69, 9.17) is 26.3 Å². The average Bonchev–Trinajstić information content (AvgIpc) is 3.58. The van der Waals surface area contributed by atoms with Crippen molar-refractivity contribution in [3.05, 3.63) is 52.7 Å². The van der Waals surface area contributed by atoms with Gasteiger partial charge in [-0.2, -0.15) is 9.97 Å². The number of likely N-dealkylation sites (tertiary alicyclic amines) is 2. The third-order valence-electron chi connectivity index (χ3n) is 11.0. The van der Waals surface area contributed by atoms with Crippen molar-refractivity contribution in [1.29, 1.82) is 0 Å². The number of nitrogens with zero attached hydrogens (tertiary/aromatic N) is 6. The predicted molar refractivity (Wildman–Crippen MR) is 175 cm³/mol. The third-order valence-corrected chi connectivity index (χ3v) is 11.3. The fourth-order valence-corrected chi connectivity index (χ4v) is 8.52. The van der Waals surface area contributed by atoms with Crippen molar-refractivity contribution in [2.45, 2.75) is 63.5 Å². The quantitative estimate of drug-likeness (QED) is 0.335. The first-order valence-corrected chi connectivity index (χ1v) is 17.1. The smallest absolute Gasteiger partial charge is 0.318 e. The highest BCUT2D eigenvalue weighted by atomic mass is 35.5.